The van der Waals surface area contributed by atoms with E-state index in [-0.39, 0.29) is 11.9 Å². The number of hydrogen-bond acceptors (Lipinski definition) is 2. The van der Waals surface area contributed by atoms with E-state index in [9.17, 15) is 4.39 Å². The van der Waals surface area contributed by atoms with Crippen LogP contribution in [0.15, 0.2) is 12.1 Å². The first-order valence-corrected chi connectivity index (χ1v) is 4.81. The fourth-order valence-corrected chi connectivity index (χ4v) is 2.03. The summed E-state index contributed by atoms with van der Waals surface area (Å²) in [6, 6.07) is 3.17. The summed E-state index contributed by atoms with van der Waals surface area (Å²) in [5.41, 5.74) is 7.95. The van der Waals surface area contributed by atoms with Crippen molar-refractivity contribution in [1.29, 1.82) is 0 Å². The molecule has 1 aliphatic rings. The van der Waals surface area contributed by atoms with E-state index in [0.717, 1.165) is 30.4 Å². The molecule has 1 atom stereocenters. The van der Waals surface area contributed by atoms with Crippen LogP contribution in [0.2, 0.25) is 0 Å². The topological polar surface area (TPSA) is 35.2 Å². The summed E-state index contributed by atoms with van der Waals surface area (Å²) >= 11 is 0. The number of halogens is 1. The van der Waals surface area contributed by atoms with E-state index in [0.29, 0.717) is 5.75 Å². The van der Waals surface area contributed by atoms with Crippen LogP contribution in [0.25, 0.3) is 0 Å². The molecular formula is C11H14FNO. The number of benzene rings is 1. The van der Waals surface area contributed by atoms with Crippen molar-refractivity contribution in [2.45, 2.75) is 25.3 Å². The van der Waals surface area contributed by atoms with Crippen molar-refractivity contribution in [3.05, 3.63) is 29.1 Å². The number of methoxy groups -OCH3 is 1. The van der Waals surface area contributed by atoms with E-state index in [1.54, 1.807) is 13.2 Å². The molecule has 2 N–H and O–H groups in total. The molecule has 0 heterocycles. The highest BCUT2D eigenvalue weighted by atomic mass is 19.1. The highest BCUT2D eigenvalue weighted by molar-refractivity contribution is 5.42. The van der Waals surface area contributed by atoms with Gasteiger partial charge in [-0.2, -0.15) is 0 Å². The molecule has 2 rings (SSSR count). The largest absolute Gasteiger partial charge is 0.496 e. The molecule has 0 fully saturated rings. The Balaban J connectivity index is 2.46. The third-order valence-electron chi connectivity index (χ3n) is 2.73. The Bertz CT molecular complexity index is 351. The Morgan fingerprint density at radius 3 is 3.00 bits per heavy atom. The van der Waals surface area contributed by atoms with Gasteiger partial charge in [-0.1, -0.05) is 0 Å². The zero-order valence-electron chi connectivity index (χ0n) is 8.22. The molecule has 1 aromatic rings. The van der Waals surface area contributed by atoms with Crippen molar-refractivity contribution in [2.75, 3.05) is 7.11 Å². The Kier molecular flexibility index (Phi) is 2.42. The molecule has 0 saturated heterocycles. The third kappa shape index (κ3) is 1.60. The normalized spacial score (nSPS) is 20.4. The van der Waals surface area contributed by atoms with Gasteiger partial charge in [0.15, 0.2) is 0 Å². The summed E-state index contributed by atoms with van der Waals surface area (Å²) in [4.78, 5) is 0. The highest BCUT2D eigenvalue weighted by Gasteiger charge is 2.19. The SMILES string of the molecule is COc1cc(F)cc2c1CC[C@H](N)C2. The van der Waals surface area contributed by atoms with Gasteiger partial charge in [0.1, 0.15) is 11.6 Å². The standard InChI is InChI=1S/C11H14FNO/c1-14-11-6-8(12)4-7-5-9(13)2-3-10(7)11/h4,6,9H,2-3,5,13H2,1H3/t9-/m0/s1. The van der Waals surface area contributed by atoms with Crippen LogP contribution < -0.4 is 10.5 Å². The van der Waals surface area contributed by atoms with Gasteiger partial charge in [0.2, 0.25) is 0 Å². The van der Waals surface area contributed by atoms with Gasteiger partial charge < -0.3 is 10.5 Å². The second-order valence-electron chi connectivity index (χ2n) is 3.75. The lowest BCUT2D eigenvalue weighted by molar-refractivity contribution is 0.400. The van der Waals surface area contributed by atoms with Crippen LogP contribution in [-0.2, 0) is 12.8 Å². The number of hydrogen-bond donors (Lipinski definition) is 1. The van der Waals surface area contributed by atoms with Gasteiger partial charge in [0.25, 0.3) is 0 Å². The summed E-state index contributed by atoms with van der Waals surface area (Å²) < 4.78 is 18.3. The lowest BCUT2D eigenvalue weighted by atomic mass is 9.88. The number of nitrogens with two attached hydrogens (primary N) is 1. The second kappa shape index (κ2) is 3.58. The van der Waals surface area contributed by atoms with Gasteiger partial charge in [-0.3, -0.25) is 0 Å². The van der Waals surface area contributed by atoms with Gasteiger partial charge in [0, 0.05) is 12.1 Å². The average molecular weight is 195 g/mol. The van der Waals surface area contributed by atoms with Crippen molar-refractivity contribution >= 4 is 0 Å². The fourth-order valence-electron chi connectivity index (χ4n) is 2.03. The van der Waals surface area contributed by atoms with Crippen molar-refractivity contribution in [3.63, 3.8) is 0 Å². The molecule has 3 heteroatoms. The van der Waals surface area contributed by atoms with Crippen molar-refractivity contribution in [3.8, 4) is 5.75 Å². The van der Waals surface area contributed by atoms with Crippen LogP contribution in [0, 0.1) is 5.82 Å². The average Bonchev–Trinajstić information content (AvgIpc) is 2.15. The highest BCUT2D eigenvalue weighted by Crippen LogP contribution is 2.30. The molecule has 0 spiro atoms. The molecule has 0 radical (unpaired) electrons. The summed E-state index contributed by atoms with van der Waals surface area (Å²) in [6.07, 6.45) is 2.60. The van der Waals surface area contributed by atoms with E-state index >= 15 is 0 Å². The van der Waals surface area contributed by atoms with E-state index < -0.39 is 0 Å². The zero-order valence-corrected chi connectivity index (χ0v) is 8.22. The maximum absolute atomic E-state index is 13.1. The maximum Gasteiger partial charge on any atom is 0.127 e. The van der Waals surface area contributed by atoms with Gasteiger partial charge in [-0.05, 0) is 36.5 Å². The third-order valence-corrected chi connectivity index (χ3v) is 2.73. The zero-order chi connectivity index (χ0) is 10.1. The molecule has 0 unspecified atom stereocenters. The summed E-state index contributed by atoms with van der Waals surface area (Å²) in [5, 5.41) is 0. The fraction of sp³-hybridized carbons (Fsp3) is 0.455. The van der Waals surface area contributed by atoms with Crippen molar-refractivity contribution < 1.29 is 9.13 Å². The number of rotatable bonds is 1. The van der Waals surface area contributed by atoms with Crippen molar-refractivity contribution in [1.82, 2.24) is 0 Å². The Morgan fingerprint density at radius 2 is 2.29 bits per heavy atom. The molecule has 1 aliphatic carbocycles. The molecular weight excluding hydrogens is 181 g/mol. The Hall–Kier alpha value is -1.09. The Labute approximate surface area is 82.9 Å². The van der Waals surface area contributed by atoms with Crippen LogP contribution in [0.1, 0.15) is 17.5 Å². The predicted molar refractivity (Wildman–Crippen MR) is 53.0 cm³/mol. The molecule has 1 aromatic carbocycles. The van der Waals surface area contributed by atoms with Crippen LogP contribution >= 0.6 is 0 Å². The molecule has 14 heavy (non-hydrogen) atoms. The quantitative estimate of drug-likeness (QED) is 0.739. The molecule has 0 amide bonds. The van der Waals surface area contributed by atoms with Crippen molar-refractivity contribution in [2.24, 2.45) is 5.73 Å². The smallest absolute Gasteiger partial charge is 0.127 e. The van der Waals surface area contributed by atoms with E-state index in [4.69, 9.17) is 10.5 Å². The number of fused-ring (bicyclic) bond motifs is 1. The monoisotopic (exact) mass is 195 g/mol. The van der Waals surface area contributed by atoms with Crippen LogP contribution in [0.3, 0.4) is 0 Å². The molecule has 76 valence electrons. The minimum absolute atomic E-state index is 0.161. The summed E-state index contributed by atoms with van der Waals surface area (Å²) in [6.45, 7) is 0. The Morgan fingerprint density at radius 1 is 1.50 bits per heavy atom. The lowest BCUT2D eigenvalue weighted by Gasteiger charge is -2.23. The lowest BCUT2D eigenvalue weighted by Crippen LogP contribution is -2.28. The maximum atomic E-state index is 13.1. The molecule has 0 aromatic heterocycles. The second-order valence-corrected chi connectivity index (χ2v) is 3.75. The first kappa shape index (κ1) is 9.46. The molecule has 0 saturated carbocycles. The van der Waals surface area contributed by atoms with Crippen LogP contribution in [0.4, 0.5) is 4.39 Å². The minimum Gasteiger partial charge on any atom is -0.496 e. The van der Waals surface area contributed by atoms with Crippen LogP contribution in [-0.4, -0.2) is 13.2 Å². The molecule has 2 nitrogen and oxygen atoms in total. The first-order chi connectivity index (χ1) is 6.70. The van der Waals surface area contributed by atoms with Crippen LogP contribution in [0.5, 0.6) is 5.75 Å². The molecule has 0 aliphatic heterocycles. The summed E-state index contributed by atoms with van der Waals surface area (Å²) in [5.74, 6) is 0.418. The molecule has 0 bridgehead atoms. The first-order valence-electron chi connectivity index (χ1n) is 4.81. The van der Waals surface area contributed by atoms with E-state index in [2.05, 4.69) is 0 Å². The van der Waals surface area contributed by atoms with Gasteiger partial charge in [-0.25, -0.2) is 4.39 Å². The van der Waals surface area contributed by atoms with E-state index in [1.807, 2.05) is 0 Å². The van der Waals surface area contributed by atoms with E-state index in [1.165, 1.54) is 6.07 Å². The van der Waals surface area contributed by atoms with Gasteiger partial charge in [-0.15, -0.1) is 0 Å². The number of ether oxygens (including phenoxy) is 1. The summed E-state index contributed by atoms with van der Waals surface area (Å²) in [7, 11) is 1.57. The van der Waals surface area contributed by atoms with Gasteiger partial charge >= 0.3 is 0 Å². The minimum atomic E-state index is -0.241. The predicted octanol–water partition coefficient (Wildman–Crippen LogP) is 1.65. The van der Waals surface area contributed by atoms with Gasteiger partial charge in [0.05, 0.1) is 7.11 Å².